The van der Waals surface area contributed by atoms with Gasteiger partial charge in [-0.05, 0) is 36.0 Å². The third kappa shape index (κ3) is 3.67. The number of aryl methyl sites for hydroxylation is 1. The van der Waals surface area contributed by atoms with E-state index in [9.17, 15) is 19.3 Å². The number of carbonyl (C=O) groups is 1. The van der Waals surface area contributed by atoms with Crippen molar-refractivity contribution in [2.45, 2.75) is 38.8 Å². The fraction of sp³-hybridized carbons (Fsp3) is 0.412. The van der Waals surface area contributed by atoms with E-state index in [0.29, 0.717) is 12.0 Å². The fourth-order valence-corrected chi connectivity index (χ4v) is 3.23. The first-order valence-corrected chi connectivity index (χ1v) is 8.19. The molecule has 2 atom stereocenters. The molecule has 0 saturated heterocycles. The van der Waals surface area contributed by atoms with Crippen LogP contribution in [0.5, 0.6) is 0 Å². The molecule has 1 amide bonds. The van der Waals surface area contributed by atoms with E-state index in [1.54, 1.807) is 6.07 Å². The number of nitrogens with one attached hydrogen (secondary N) is 1. The molecule has 1 aromatic carbocycles. The summed E-state index contributed by atoms with van der Waals surface area (Å²) in [6.45, 7) is 2.28. The van der Waals surface area contributed by atoms with Gasteiger partial charge in [-0.1, -0.05) is 19.1 Å². The summed E-state index contributed by atoms with van der Waals surface area (Å²) >= 11 is 0. The van der Waals surface area contributed by atoms with Crippen molar-refractivity contribution in [1.82, 2.24) is 15.1 Å². The van der Waals surface area contributed by atoms with Crippen LogP contribution < -0.4 is 5.32 Å². The number of fused-ring (bicyclic) bond motifs is 1. The van der Waals surface area contributed by atoms with Gasteiger partial charge in [0.15, 0.2) is 0 Å². The Balaban J connectivity index is 1.64. The molecule has 1 aliphatic carbocycles. The number of benzene rings is 1. The predicted molar refractivity (Wildman–Crippen MR) is 88.3 cm³/mol. The van der Waals surface area contributed by atoms with E-state index in [0.717, 1.165) is 18.2 Å². The average Bonchev–Trinajstić information content (AvgIpc) is 3.05. The minimum atomic E-state index is -0.529. The molecular formula is C17H19FN4O3. The highest BCUT2D eigenvalue weighted by Gasteiger charge is 2.29. The molecule has 0 fully saturated rings. The van der Waals surface area contributed by atoms with Crippen LogP contribution in [-0.2, 0) is 17.8 Å². The largest absolute Gasteiger partial charge is 0.349 e. The minimum absolute atomic E-state index is 0.106. The fourth-order valence-electron chi connectivity index (χ4n) is 3.23. The zero-order valence-electron chi connectivity index (χ0n) is 13.8. The van der Waals surface area contributed by atoms with Crippen LogP contribution in [0, 0.1) is 21.8 Å². The SMILES string of the molecule is C[C@H]1CCc2c(F)cccc2[C@H]1NC(=O)CCn1cc([N+](=O)[O-])cn1. The zero-order chi connectivity index (χ0) is 18.0. The van der Waals surface area contributed by atoms with Gasteiger partial charge in [-0.3, -0.25) is 19.6 Å². The van der Waals surface area contributed by atoms with Crippen LogP contribution in [0.2, 0.25) is 0 Å². The lowest BCUT2D eigenvalue weighted by Crippen LogP contribution is -2.36. The Morgan fingerprint density at radius 1 is 1.52 bits per heavy atom. The molecule has 2 aromatic rings. The molecule has 1 aliphatic rings. The first-order valence-electron chi connectivity index (χ1n) is 8.19. The molecule has 132 valence electrons. The normalized spacial score (nSPS) is 19.3. The van der Waals surface area contributed by atoms with Crippen LogP contribution >= 0.6 is 0 Å². The standard InChI is InChI=1S/C17H19FN4O3/c1-11-5-6-13-14(3-2-4-15(13)18)17(11)20-16(23)7-8-21-10-12(9-19-21)22(24)25/h2-4,9-11,17H,5-8H2,1H3,(H,20,23)/t11-,17-/m0/s1. The van der Waals surface area contributed by atoms with Crippen LogP contribution in [0.25, 0.3) is 0 Å². The second kappa shape index (κ2) is 7.00. The lowest BCUT2D eigenvalue weighted by atomic mass is 9.80. The number of rotatable bonds is 5. The lowest BCUT2D eigenvalue weighted by molar-refractivity contribution is -0.385. The van der Waals surface area contributed by atoms with Gasteiger partial charge in [0.2, 0.25) is 5.91 Å². The summed E-state index contributed by atoms with van der Waals surface area (Å²) < 4.78 is 15.3. The second-order valence-corrected chi connectivity index (χ2v) is 6.34. The number of hydrogen-bond acceptors (Lipinski definition) is 4. The highest BCUT2D eigenvalue weighted by molar-refractivity contribution is 5.76. The maximum atomic E-state index is 14.0. The van der Waals surface area contributed by atoms with E-state index in [2.05, 4.69) is 10.4 Å². The van der Waals surface area contributed by atoms with Crippen LogP contribution in [0.4, 0.5) is 10.1 Å². The monoisotopic (exact) mass is 346 g/mol. The molecule has 7 nitrogen and oxygen atoms in total. The predicted octanol–water partition coefficient (Wildman–Crippen LogP) is 2.76. The summed E-state index contributed by atoms with van der Waals surface area (Å²) in [7, 11) is 0. The maximum absolute atomic E-state index is 14.0. The minimum Gasteiger partial charge on any atom is -0.349 e. The van der Waals surface area contributed by atoms with Gasteiger partial charge >= 0.3 is 5.69 Å². The molecule has 3 rings (SSSR count). The van der Waals surface area contributed by atoms with Crippen molar-refractivity contribution in [3.63, 3.8) is 0 Å². The van der Waals surface area contributed by atoms with E-state index >= 15 is 0 Å². The number of amides is 1. The van der Waals surface area contributed by atoms with Crippen LogP contribution in [-0.4, -0.2) is 20.6 Å². The van der Waals surface area contributed by atoms with Gasteiger partial charge in [0.25, 0.3) is 0 Å². The Kier molecular flexibility index (Phi) is 4.78. The quantitative estimate of drug-likeness (QED) is 0.666. The molecule has 1 aromatic heterocycles. The molecule has 1 heterocycles. The Morgan fingerprint density at radius 2 is 2.32 bits per heavy atom. The van der Waals surface area contributed by atoms with Crippen molar-refractivity contribution in [3.05, 3.63) is 57.7 Å². The molecule has 0 saturated carbocycles. The zero-order valence-corrected chi connectivity index (χ0v) is 13.8. The summed E-state index contributed by atoms with van der Waals surface area (Å²) in [6, 6.07) is 4.74. The summed E-state index contributed by atoms with van der Waals surface area (Å²) in [6.07, 6.45) is 4.07. The number of carbonyl (C=O) groups excluding carboxylic acids is 1. The number of nitro groups is 1. The van der Waals surface area contributed by atoms with Crippen LogP contribution in [0.3, 0.4) is 0 Å². The van der Waals surface area contributed by atoms with Crippen LogP contribution in [0.1, 0.15) is 36.9 Å². The van der Waals surface area contributed by atoms with Gasteiger partial charge in [0.1, 0.15) is 18.2 Å². The van der Waals surface area contributed by atoms with Crippen molar-refractivity contribution in [2.24, 2.45) is 5.92 Å². The molecule has 1 N–H and O–H groups in total. The third-order valence-electron chi connectivity index (χ3n) is 4.62. The Morgan fingerprint density at radius 3 is 3.04 bits per heavy atom. The van der Waals surface area contributed by atoms with E-state index in [1.807, 2.05) is 13.0 Å². The smallest absolute Gasteiger partial charge is 0.306 e. The number of aromatic nitrogens is 2. The van der Waals surface area contributed by atoms with Gasteiger partial charge in [-0.15, -0.1) is 0 Å². The van der Waals surface area contributed by atoms with E-state index < -0.39 is 4.92 Å². The molecule has 0 unspecified atom stereocenters. The van der Waals surface area contributed by atoms with Gasteiger partial charge < -0.3 is 5.32 Å². The van der Waals surface area contributed by atoms with E-state index in [4.69, 9.17) is 0 Å². The molecule has 0 aliphatic heterocycles. The first-order chi connectivity index (χ1) is 12.0. The first kappa shape index (κ1) is 17.1. The van der Waals surface area contributed by atoms with Gasteiger partial charge in [0.05, 0.1) is 11.0 Å². The Hall–Kier alpha value is -2.77. The molecule has 0 radical (unpaired) electrons. The Bertz CT molecular complexity index is 805. The number of nitrogens with zero attached hydrogens (tertiary/aromatic N) is 3. The third-order valence-corrected chi connectivity index (χ3v) is 4.62. The van der Waals surface area contributed by atoms with E-state index in [1.165, 1.54) is 16.9 Å². The van der Waals surface area contributed by atoms with Gasteiger partial charge in [-0.25, -0.2) is 4.39 Å². The topological polar surface area (TPSA) is 90.1 Å². The molecular weight excluding hydrogens is 327 g/mol. The summed E-state index contributed by atoms with van der Waals surface area (Å²) in [4.78, 5) is 22.4. The van der Waals surface area contributed by atoms with Crippen molar-refractivity contribution in [3.8, 4) is 0 Å². The summed E-state index contributed by atoms with van der Waals surface area (Å²) in [5.41, 5.74) is 1.40. The van der Waals surface area contributed by atoms with Crippen molar-refractivity contribution in [2.75, 3.05) is 0 Å². The number of halogens is 1. The second-order valence-electron chi connectivity index (χ2n) is 6.34. The summed E-state index contributed by atoms with van der Waals surface area (Å²) in [5, 5.41) is 17.5. The van der Waals surface area contributed by atoms with E-state index in [-0.39, 0.29) is 42.3 Å². The number of hydrogen-bond donors (Lipinski definition) is 1. The summed E-state index contributed by atoms with van der Waals surface area (Å²) in [5.74, 6) is -0.205. The molecule has 0 spiro atoms. The highest BCUT2D eigenvalue weighted by atomic mass is 19.1. The molecule has 0 bridgehead atoms. The maximum Gasteiger partial charge on any atom is 0.306 e. The lowest BCUT2D eigenvalue weighted by Gasteiger charge is -2.32. The van der Waals surface area contributed by atoms with Crippen molar-refractivity contribution < 1.29 is 14.1 Å². The van der Waals surface area contributed by atoms with Crippen molar-refractivity contribution in [1.29, 1.82) is 0 Å². The van der Waals surface area contributed by atoms with Crippen LogP contribution in [0.15, 0.2) is 30.6 Å². The Labute approximate surface area is 144 Å². The molecule has 8 heteroatoms. The van der Waals surface area contributed by atoms with Gasteiger partial charge in [0, 0.05) is 13.0 Å². The molecule has 25 heavy (non-hydrogen) atoms. The average molecular weight is 346 g/mol. The van der Waals surface area contributed by atoms with Crippen molar-refractivity contribution >= 4 is 11.6 Å². The highest BCUT2D eigenvalue weighted by Crippen LogP contribution is 2.35. The van der Waals surface area contributed by atoms with Gasteiger partial charge in [-0.2, -0.15) is 5.10 Å².